The predicted molar refractivity (Wildman–Crippen MR) is 81.5 cm³/mol. The van der Waals surface area contributed by atoms with Gasteiger partial charge in [-0.25, -0.2) is 0 Å². The van der Waals surface area contributed by atoms with Gasteiger partial charge in [0.1, 0.15) is 0 Å². The molecule has 0 amide bonds. The van der Waals surface area contributed by atoms with Gasteiger partial charge in [0.2, 0.25) is 0 Å². The SMILES string of the molecule is CCNC(C)c1ccc(OCCC(C)(C)O)c(OC)c1. The van der Waals surface area contributed by atoms with Crippen molar-refractivity contribution in [2.45, 2.75) is 45.8 Å². The third-order valence-corrected chi connectivity index (χ3v) is 3.17. The molecule has 114 valence electrons. The zero-order valence-electron chi connectivity index (χ0n) is 13.2. The Labute approximate surface area is 122 Å². The lowest BCUT2D eigenvalue weighted by Crippen LogP contribution is -2.22. The van der Waals surface area contributed by atoms with Gasteiger partial charge in [-0.3, -0.25) is 0 Å². The molecule has 1 unspecified atom stereocenters. The summed E-state index contributed by atoms with van der Waals surface area (Å²) in [6, 6.07) is 6.23. The molecule has 2 N–H and O–H groups in total. The zero-order chi connectivity index (χ0) is 15.2. The maximum absolute atomic E-state index is 9.68. The normalized spacial score (nSPS) is 13.1. The van der Waals surface area contributed by atoms with E-state index < -0.39 is 5.60 Å². The highest BCUT2D eigenvalue weighted by molar-refractivity contribution is 5.43. The van der Waals surface area contributed by atoms with E-state index in [2.05, 4.69) is 19.2 Å². The van der Waals surface area contributed by atoms with Crippen LogP contribution in [0.2, 0.25) is 0 Å². The number of methoxy groups -OCH3 is 1. The molecule has 0 radical (unpaired) electrons. The Bertz CT molecular complexity index is 413. The Morgan fingerprint density at radius 1 is 1.30 bits per heavy atom. The van der Waals surface area contributed by atoms with Crippen LogP contribution in [0.25, 0.3) is 0 Å². The summed E-state index contributed by atoms with van der Waals surface area (Å²) in [5.74, 6) is 1.44. The average Bonchev–Trinajstić information content (AvgIpc) is 2.37. The molecule has 0 spiro atoms. The van der Waals surface area contributed by atoms with Crippen LogP contribution in [-0.2, 0) is 0 Å². The van der Waals surface area contributed by atoms with Crippen molar-refractivity contribution in [2.75, 3.05) is 20.3 Å². The first kappa shape index (κ1) is 16.8. The molecule has 0 saturated carbocycles. The van der Waals surface area contributed by atoms with Gasteiger partial charge in [0, 0.05) is 12.5 Å². The minimum absolute atomic E-state index is 0.277. The zero-order valence-corrected chi connectivity index (χ0v) is 13.2. The summed E-state index contributed by atoms with van der Waals surface area (Å²) >= 11 is 0. The first-order valence-electron chi connectivity index (χ1n) is 7.14. The average molecular weight is 281 g/mol. The predicted octanol–water partition coefficient (Wildman–Crippen LogP) is 2.91. The first-order valence-corrected chi connectivity index (χ1v) is 7.14. The molecule has 0 aliphatic carbocycles. The van der Waals surface area contributed by atoms with Crippen molar-refractivity contribution in [1.29, 1.82) is 0 Å². The minimum atomic E-state index is -0.716. The molecule has 0 heterocycles. The quantitative estimate of drug-likeness (QED) is 0.769. The summed E-state index contributed by atoms with van der Waals surface area (Å²) in [7, 11) is 1.64. The lowest BCUT2D eigenvalue weighted by atomic mass is 10.1. The van der Waals surface area contributed by atoms with Crippen LogP contribution in [0.4, 0.5) is 0 Å². The van der Waals surface area contributed by atoms with Crippen LogP contribution in [0.1, 0.15) is 45.7 Å². The molecule has 4 nitrogen and oxygen atoms in total. The van der Waals surface area contributed by atoms with E-state index in [0.717, 1.165) is 12.3 Å². The van der Waals surface area contributed by atoms with E-state index in [1.807, 2.05) is 18.2 Å². The summed E-state index contributed by atoms with van der Waals surface area (Å²) in [6.45, 7) is 9.13. The minimum Gasteiger partial charge on any atom is -0.493 e. The number of hydrogen-bond donors (Lipinski definition) is 2. The molecule has 4 heteroatoms. The molecule has 1 atom stereocenters. The Kier molecular flexibility index (Phi) is 6.30. The number of nitrogens with one attached hydrogen (secondary N) is 1. The highest BCUT2D eigenvalue weighted by Crippen LogP contribution is 2.30. The van der Waals surface area contributed by atoms with Crippen molar-refractivity contribution >= 4 is 0 Å². The highest BCUT2D eigenvalue weighted by Gasteiger charge is 2.14. The Morgan fingerprint density at radius 3 is 2.55 bits per heavy atom. The third-order valence-electron chi connectivity index (χ3n) is 3.17. The van der Waals surface area contributed by atoms with Crippen molar-refractivity contribution < 1.29 is 14.6 Å². The molecule has 1 aromatic carbocycles. The summed E-state index contributed by atoms with van der Waals surface area (Å²) in [4.78, 5) is 0. The molecular weight excluding hydrogens is 254 g/mol. The van der Waals surface area contributed by atoms with Crippen LogP contribution in [0, 0.1) is 0 Å². The van der Waals surface area contributed by atoms with Crippen LogP contribution in [0.5, 0.6) is 11.5 Å². The second-order valence-electron chi connectivity index (χ2n) is 5.60. The van der Waals surface area contributed by atoms with Gasteiger partial charge in [0.15, 0.2) is 11.5 Å². The van der Waals surface area contributed by atoms with Crippen molar-refractivity contribution in [1.82, 2.24) is 5.32 Å². The van der Waals surface area contributed by atoms with E-state index in [9.17, 15) is 5.11 Å². The number of benzene rings is 1. The number of aliphatic hydroxyl groups is 1. The van der Waals surface area contributed by atoms with Crippen molar-refractivity contribution in [3.05, 3.63) is 23.8 Å². The third kappa shape index (κ3) is 5.39. The second kappa shape index (κ2) is 7.50. The lowest BCUT2D eigenvalue weighted by Gasteiger charge is -2.19. The van der Waals surface area contributed by atoms with Crippen LogP contribution in [0.15, 0.2) is 18.2 Å². The summed E-state index contributed by atoms with van der Waals surface area (Å²) in [5, 5.41) is 13.0. The molecule has 0 aliphatic rings. The van der Waals surface area contributed by atoms with Gasteiger partial charge in [-0.05, 0) is 45.0 Å². The molecule has 20 heavy (non-hydrogen) atoms. The van der Waals surface area contributed by atoms with E-state index in [1.165, 1.54) is 5.56 Å². The van der Waals surface area contributed by atoms with Gasteiger partial charge in [-0.2, -0.15) is 0 Å². The number of rotatable bonds is 8. The molecular formula is C16H27NO3. The van der Waals surface area contributed by atoms with Crippen LogP contribution < -0.4 is 14.8 Å². The lowest BCUT2D eigenvalue weighted by molar-refractivity contribution is 0.0549. The van der Waals surface area contributed by atoms with E-state index in [4.69, 9.17) is 9.47 Å². The summed E-state index contributed by atoms with van der Waals surface area (Å²) in [5.41, 5.74) is 0.450. The Hall–Kier alpha value is -1.26. The van der Waals surface area contributed by atoms with Crippen LogP contribution in [0.3, 0.4) is 0 Å². The standard InChI is InChI=1S/C16H27NO3/c1-6-17-12(2)13-7-8-14(15(11-13)19-5)20-10-9-16(3,4)18/h7-8,11-12,17-18H,6,9-10H2,1-5H3. The van der Waals surface area contributed by atoms with Gasteiger partial charge in [0.25, 0.3) is 0 Å². The van der Waals surface area contributed by atoms with Gasteiger partial charge in [0.05, 0.1) is 19.3 Å². The molecule has 0 saturated heterocycles. The topological polar surface area (TPSA) is 50.7 Å². The fourth-order valence-corrected chi connectivity index (χ4v) is 1.91. The van der Waals surface area contributed by atoms with E-state index in [1.54, 1.807) is 21.0 Å². The van der Waals surface area contributed by atoms with Crippen molar-refractivity contribution in [3.63, 3.8) is 0 Å². The van der Waals surface area contributed by atoms with E-state index in [-0.39, 0.29) is 6.04 Å². The summed E-state index contributed by atoms with van der Waals surface area (Å²) in [6.07, 6.45) is 0.575. The van der Waals surface area contributed by atoms with E-state index >= 15 is 0 Å². The fraction of sp³-hybridized carbons (Fsp3) is 0.625. The van der Waals surface area contributed by atoms with Gasteiger partial charge >= 0.3 is 0 Å². The smallest absolute Gasteiger partial charge is 0.161 e. The van der Waals surface area contributed by atoms with Crippen molar-refractivity contribution in [3.8, 4) is 11.5 Å². The van der Waals surface area contributed by atoms with Gasteiger partial charge in [-0.15, -0.1) is 0 Å². The highest BCUT2D eigenvalue weighted by atomic mass is 16.5. The van der Waals surface area contributed by atoms with Gasteiger partial charge in [-0.1, -0.05) is 13.0 Å². The fourth-order valence-electron chi connectivity index (χ4n) is 1.91. The monoisotopic (exact) mass is 281 g/mol. The molecule has 0 fully saturated rings. The van der Waals surface area contributed by atoms with E-state index in [0.29, 0.717) is 18.8 Å². The van der Waals surface area contributed by atoms with Gasteiger partial charge < -0.3 is 19.9 Å². The van der Waals surface area contributed by atoms with Crippen LogP contribution >= 0.6 is 0 Å². The maximum Gasteiger partial charge on any atom is 0.161 e. The number of hydrogen-bond acceptors (Lipinski definition) is 4. The Balaban J connectivity index is 2.73. The summed E-state index contributed by atoms with van der Waals surface area (Å²) < 4.78 is 11.1. The molecule has 0 aliphatic heterocycles. The second-order valence-corrected chi connectivity index (χ2v) is 5.60. The van der Waals surface area contributed by atoms with Crippen molar-refractivity contribution in [2.24, 2.45) is 0 Å². The largest absolute Gasteiger partial charge is 0.493 e. The van der Waals surface area contributed by atoms with Crippen LogP contribution in [-0.4, -0.2) is 31.0 Å². The number of ether oxygens (including phenoxy) is 2. The first-order chi connectivity index (χ1) is 9.37. The molecule has 0 bridgehead atoms. The molecule has 1 rings (SSSR count). The Morgan fingerprint density at radius 2 is 2.00 bits per heavy atom. The molecule has 1 aromatic rings. The maximum atomic E-state index is 9.68. The molecule has 0 aromatic heterocycles.